The fraction of sp³-hybridized carbons (Fsp3) is 0.350. The van der Waals surface area contributed by atoms with E-state index in [4.69, 9.17) is 0 Å². The predicted octanol–water partition coefficient (Wildman–Crippen LogP) is 3.12. The molecule has 0 spiro atoms. The molecule has 0 aliphatic carbocycles. The Morgan fingerprint density at radius 3 is 3.04 bits per heavy atom. The molecule has 3 aromatic rings. The molecule has 1 amide bonds. The van der Waals surface area contributed by atoms with Crippen molar-refractivity contribution >= 4 is 22.6 Å². The molecule has 2 aromatic heterocycles. The van der Waals surface area contributed by atoms with Crippen molar-refractivity contribution in [3.8, 4) is 0 Å². The molecule has 1 fully saturated rings. The second-order valence-electron chi connectivity index (χ2n) is 7.07. The number of fused-ring (bicyclic) bond motifs is 1. The number of nitrogens with zero attached hydrogens (tertiary/aromatic N) is 3. The molecule has 26 heavy (non-hydrogen) atoms. The van der Waals surface area contributed by atoms with E-state index >= 15 is 0 Å². The van der Waals surface area contributed by atoms with Crippen LogP contribution in [0.5, 0.6) is 0 Å². The van der Waals surface area contributed by atoms with E-state index in [-0.39, 0.29) is 5.91 Å². The molecule has 6 nitrogen and oxygen atoms in total. The SMILES string of the molecule is Cc1[nH]nc2ncc(NC(=O)C[C@H]3CCN(Cc4ccccc4)C3)cc12. The standard InChI is InChI=1S/C20H23N5O/c1-14-18-10-17(11-21-20(18)24-23-14)22-19(26)9-16-7-8-25(13-16)12-15-5-3-2-4-6-15/h2-6,10-11,16H,7-9,12-13H2,1H3,(H,22,26)(H,21,23,24)/t16-/m1/s1. The third-order valence-corrected chi connectivity index (χ3v) is 4.98. The van der Waals surface area contributed by atoms with Gasteiger partial charge in [0.1, 0.15) is 0 Å². The van der Waals surface area contributed by atoms with Crippen LogP contribution in [0.2, 0.25) is 0 Å². The largest absolute Gasteiger partial charge is 0.325 e. The Hall–Kier alpha value is -2.73. The lowest BCUT2D eigenvalue weighted by Gasteiger charge is -2.16. The second kappa shape index (κ2) is 7.25. The first kappa shape index (κ1) is 16.7. The van der Waals surface area contributed by atoms with E-state index in [1.807, 2.05) is 19.1 Å². The van der Waals surface area contributed by atoms with Crippen LogP contribution in [-0.2, 0) is 11.3 Å². The summed E-state index contributed by atoms with van der Waals surface area (Å²) in [7, 11) is 0. The lowest BCUT2D eigenvalue weighted by molar-refractivity contribution is -0.117. The van der Waals surface area contributed by atoms with Crippen molar-refractivity contribution in [3.05, 3.63) is 53.9 Å². The van der Waals surface area contributed by atoms with E-state index in [9.17, 15) is 4.79 Å². The van der Waals surface area contributed by atoms with Gasteiger partial charge in [-0.1, -0.05) is 30.3 Å². The first-order valence-electron chi connectivity index (χ1n) is 9.04. The number of benzene rings is 1. The minimum Gasteiger partial charge on any atom is -0.325 e. The highest BCUT2D eigenvalue weighted by Gasteiger charge is 2.24. The number of hydrogen-bond donors (Lipinski definition) is 2. The molecule has 4 rings (SSSR count). The van der Waals surface area contributed by atoms with E-state index in [1.165, 1.54) is 5.56 Å². The summed E-state index contributed by atoms with van der Waals surface area (Å²) in [5, 5.41) is 10.9. The third kappa shape index (κ3) is 3.75. The van der Waals surface area contributed by atoms with Gasteiger partial charge in [0.2, 0.25) is 5.91 Å². The molecule has 134 valence electrons. The molecule has 0 saturated carbocycles. The maximum atomic E-state index is 12.4. The van der Waals surface area contributed by atoms with Crippen molar-refractivity contribution in [3.63, 3.8) is 0 Å². The number of aromatic nitrogens is 3. The molecular formula is C20H23N5O. The summed E-state index contributed by atoms with van der Waals surface area (Å²) in [6.07, 6.45) is 3.28. The van der Waals surface area contributed by atoms with E-state index in [2.05, 4.69) is 49.7 Å². The number of hydrogen-bond acceptors (Lipinski definition) is 4. The van der Waals surface area contributed by atoms with Gasteiger partial charge in [-0.25, -0.2) is 4.98 Å². The second-order valence-corrected chi connectivity index (χ2v) is 7.07. The topological polar surface area (TPSA) is 73.9 Å². The Labute approximate surface area is 152 Å². The third-order valence-electron chi connectivity index (χ3n) is 4.98. The lowest BCUT2D eigenvalue weighted by atomic mass is 10.0. The predicted molar refractivity (Wildman–Crippen MR) is 102 cm³/mol. The van der Waals surface area contributed by atoms with Gasteiger partial charge in [0.15, 0.2) is 5.65 Å². The maximum Gasteiger partial charge on any atom is 0.224 e. The van der Waals surface area contributed by atoms with Crippen LogP contribution in [0, 0.1) is 12.8 Å². The zero-order chi connectivity index (χ0) is 17.9. The van der Waals surface area contributed by atoms with Gasteiger partial charge >= 0.3 is 0 Å². The van der Waals surface area contributed by atoms with E-state index in [1.54, 1.807) is 6.20 Å². The summed E-state index contributed by atoms with van der Waals surface area (Å²) in [6, 6.07) is 12.4. The van der Waals surface area contributed by atoms with Crippen molar-refractivity contribution in [2.75, 3.05) is 18.4 Å². The maximum absolute atomic E-state index is 12.4. The van der Waals surface area contributed by atoms with Gasteiger partial charge in [-0.05, 0) is 37.4 Å². The Morgan fingerprint density at radius 1 is 1.35 bits per heavy atom. The molecule has 0 unspecified atom stereocenters. The van der Waals surface area contributed by atoms with Gasteiger partial charge in [-0.15, -0.1) is 0 Å². The van der Waals surface area contributed by atoms with Crippen LogP contribution >= 0.6 is 0 Å². The van der Waals surface area contributed by atoms with Crippen molar-refractivity contribution in [1.82, 2.24) is 20.1 Å². The summed E-state index contributed by atoms with van der Waals surface area (Å²) in [5.41, 5.74) is 3.68. The summed E-state index contributed by atoms with van der Waals surface area (Å²) < 4.78 is 0. The molecule has 1 aliphatic rings. The molecule has 3 heterocycles. The first-order valence-corrected chi connectivity index (χ1v) is 9.04. The van der Waals surface area contributed by atoms with Crippen molar-refractivity contribution < 1.29 is 4.79 Å². The van der Waals surface area contributed by atoms with Crippen molar-refractivity contribution in [2.24, 2.45) is 5.92 Å². The first-order chi connectivity index (χ1) is 12.7. The fourth-order valence-electron chi connectivity index (χ4n) is 3.63. The highest BCUT2D eigenvalue weighted by molar-refractivity contribution is 5.93. The molecule has 6 heteroatoms. The quantitative estimate of drug-likeness (QED) is 0.742. The van der Waals surface area contributed by atoms with Gasteiger partial charge in [0.05, 0.1) is 11.9 Å². The molecule has 1 saturated heterocycles. The molecular weight excluding hydrogens is 326 g/mol. The molecule has 0 radical (unpaired) electrons. The summed E-state index contributed by atoms with van der Waals surface area (Å²) in [5.74, 6) is 0.463. The van der Waals surface area contributed by atoms with Gasteiger partial charge in [-0.3, -0.25) is 14.8 Å². The highest BCUT2D eigenvalue weighted by Crippen LogP contribution is 2.23. The van der Waals surface area contributed by atoms with Gasteiger partial charge in [0.25, 0.3) is 0 Å². The van der Waals surface area contributed by atoms with E-state index in [0.29, 0.717) is 18.0 Å². The number of amides is 1. The summed E-state index contributed by atoms with van der Waals surface area (Å²) in [6.45, 7) is 4.93. The molecule has 0 bridgehead atoms. The zero-order valence-electron chi connectivity index (χ0n) is 14.9. The molecule has 1 atom stereocenters. The average molecular weight is 349 g/mol. The fourth-order valence-corrected chi connectivity index (χ4v) is 3.63. The van der Waals surface area contributed by atoms with Crippen LogP contribution < -0.4 is 5.32 Å². The van der Waals surface area contributed by atoms with Crippen LogP contribution in [0.1, 0.15) is 24.1 Å². The van der Waals surface area contributed by atoms with Crippen molar-refractivity contribution in [2.45, 2.75) is 26.3 Å². The average Bonchev–Trinajstić information content (AvgIpc) is 3.22. The Balaban J connectivity index is 1.31. The smallest absolute Gasteiger partial charge is 0.224 e. The van der Waals surface area contributed by atoms with Crippen LogP contribution in [0.3, 0.4) is 0 Å². The number of H-pyrrole nitrogens is 1. The van der Waals surface area contributed by atoms with Crippen LogP contribution in [-0.4, -0.2) is 39.1 Å². The van der Waals surface area contributed by atoms with Crippen molar-refractivity contribution in [1.29, 1.82) is 0 Å². The van der Waals surface area contributed by atoms with Crippen LogP contribution in [0.25, 0.3) is 11.0 Å². The summed E-state index contributed by atoms with van der Waals surface area (Å²) in [4.78, 5) is 19.1. The number of rotatable bonds is 5. The van der Waals surface area contributed by atoms with Crippen LogP contribution in [0.15, 0.2) is 42.6 Å². The number of aromatic amines is 1. The molecule has 2 N–H and O–H groups in total. The zero-order valence-corrected chi connectivity index (χ0v) is 14.9. The number of likely N-dealkylation sites (tertiary alicyclic amines) is 1. The monoisotopic (exact) mass is 349 g/mol. The van der Waals surface area contributed by atoms with Gasteiger partial charge in [0, 0.05) is 30.6 Å². The molecule has 1 aliphatic heterocycles. The number of nitrogens with one attached hydrogen (secondary N) is 2. The Morgan fingerprint density at radius 2 is 2.19 bits per heavy atom. The van der Waals surface area contributed by atoms with Gasteiger partial charge in [-0.2, -0.15) is 5.10 Å². The van der Waals surface area contributed by atoms with Crippen LogP contribution in [0.4, 0.5) is 5.69 Å². The highest BCUT2D eigenvalue weighted by atomic mass is 16.1. The minimum atomic E-state index is 0.0545. The van der Waals surface area contributed by atoms with E-state index < -0.39 is 0 Å². The Bertz CT molecular complexity index is 905. The van der Waals surface area contributed by atoms with Gasteiger partial charge < -0.3 is 5.32 Å². The lowest BCUT2D eigenvalue weighted by Crippen LogP contribution is -2.22. The molecule has 1 aromatic carbocycles. The number of aryl methyl sites for hydroxylation is 1. The number of anilines is 1. The Kier molecular flexibility index (Phi) is 4.67. The number of pyridine rings is 1. The minimum absolute atomic E-state index is 0.0545. The number of carbonyl (C=O) groups excluding carboxylic acids is 1. The summed E-state index contributed by atoms with van der Waals surface area (Å²) >= 11 is 0. The van der Waals surface area contributed by atoms with E-state index in [0.717, 1.165) is 42.8 Å². The normalized spacial score (nSPS) is 17.7. The number of carbonyl (C=O) groups is 1.